The fraction of sp³-hybridized carbons (Fsp3) is 0.467. The molecule has 1 unspecified atom stereocenters. The molecule has 5 heteroatoms. The molecule has 0 aliphatic carbocycles. The standard InChI is InChI=1S/C15H18N2O3/c18-14(17-6-5-12(9-17)15(19)20)13-7-10-3-1-2-4-11(10)8-16-13/h1-4,12-13,16H,5-9H2,(H,19,20)/t12?,13-/m1/s1. The highest BCUT2D eigenvalue weighted by atomic mass is 16.4. The summed E-state index contributed by atoms with van der Waals surface area (Å²) in [4.78, 5) is 25.1. The molecular formula is C15H18N2O3. The summed E-state index contributed by atoms with van der Waals surface area (Å²) in [6.07, 6.45) is 1.24. The lowest BCUT2D eigenvalue weighted by atomic mass is 9.95. The van der Waals surface area contributed by atoms with Crippen molar-refractivity contribution in [3.05, 3.63) is 35.4 Å². The number of amides is 1. The normalized spacial score (nSPS) is 25.3. The first-order valence-corrected chi connectivity index (χ1v) is 6.97. The van der Waals surface area contributed by atoms with Gasteiger partial charge in [0.15, 0.2) is 0 Å². The SMILES string of the molecule is O=C(O)C1CCN(C(=O)[C@H]2Cc3ccccc3CN2)C1. The number of carboxylic acid groups (broad SMARTS) is 1. The van der Waals surface area contributed by atoms with E-state index in [4.69, 9.17) is 5.11 Å². The lowest BCUT2D eigenvalue weighted by molar-refractivity contribution is -0.141. The number of aliphatic carboxylic acids is 1. The van der Waals surface area contributed by atoms with Crippen LogP contribution in [0.3, 0.4) is 0 Å². The number of hydrogen-bond donors (Lipinski definition) is 2. The molecule has 1 aromatic carbocycles. The number of rotatable bonds is 2. The third-order valence-corrected chi connectivity index (χ3v) is 4.23. The van der Waals surface area contributed by atoms with Gasteiger partial charge in [-0.15, -0.1) is 0 Å². The number of carbonyl (C=O) groups is 2. The maximum atomic E-state index is 12.4. The van der Waals surface area contributed by atoms with Crippen LogP contribution in [-0.4, -0.2) is 41.0 Å². The molecule has 1 aromatic rings. The van der Waals surface area contributed by atoms with Crippen molar-refractivity contribution < 1.29 is 14.7 Å². The molecule has 2 aliphatic heterocycles. The average Bonchev–Trinajstić information content (AvgIpc) is 2.96. The number of benzene rings is 1. The summed E-state index contributed by atoms with van der Waals surface area (Å²) < 4.78 is 0. The van der Waals surface area contributed by atoms with Crippen molar-refractivity contribution >= 4 is 11.9 Å². The summed E-state index contributed by atoms with van der Waals surface area (Å²) in [7, 11) is 0. The Hall–Kier alpha value is -1.88. The molecule has 0 spiro atoms. The zero-order chi connectivity index (χ0) is 14.1. The molecule has 2 heterocycles. The van der Waals surface area contributed by atoms with Gasteiger partial charge in [-0.2, -0.15) is 0 Å². The van der Waals surface area contributed by atoms with Crippen LogP contribution in [0.15, 0.2) is 24.3 Å². The molecule has 1 amide bonds. The monoisotopic (exact) mass is 274 g/mol. The Kier molecular flexibility index (Phi) is 3.44. The summed E-state index contributed by atoms with van der Waals surface area (Å²) in [6, 6.07) is 7.89. The van der Waals surface area contributed by atoms with Crippen molar-refractivity contribution in [3.63, 3.8) is 0 Å². The van der Waals surface area contributed by atoms with Gasteiger partial charge in [-0.3, -0.25) is 9.59 Å². The highest BCUT2D eigenvalue weighted by molar-refractivity contribution is 5.84. The lowest BCUT2D eigenvalue weighted by Crippen LogP contribution is -2.48. The Balaban J connectivity index is 1.66. The third-order valence-electron chi connectivity index (χ3n) is 4.23. The van der Waals surface area contributed by atoms with Crippen molar-refractivity contribution in [1.82, 2.24) is 10.2 Å². The summed E-state index contributed by atoms with van der Waals surface area (Å²) in [5, 5.41) is 12.3. The van der Waals surface area contributed by atoms with Gasteiger partial charge in [-0.1, -0.05) is 24.3 Å². The van der Waals surface area contributed by atoms with Gasteiger partial charge in [0.05, 0.1) is 12.0 Å². The van der Waals surface area contributed by atoms with Crippen LogP contribution in [0.5, 0.6) is 0 Å². The van der Waals surface area contributed by atoms with E-state index in [1.807, 2.05) is 12.1 Å². The van der Waals surface area contributed by atoms with Crippen LogP contribution >= 0.6 is 0 Å². The van der Waals surface area contributed by atoms with Crippen LogP contribution in [0.4, 0.5) is 0 Å². The van der Waals surface area contributed by atoms with E-state index in [2.05, 4.69) is 17.4 Å². The van der Waals surface area contributed by atoms with E-state index in [9.17, 15) is 9.59 Å². The second kappa shape index (κ2) is 5.25. The van der Waals surface area contributed by atoms with E-state index in [0.29, 0.717) is 32.5 Å². The van der Waals surface area contributed by atoms with Gasteiger partial charge in [-0.25, -0.2) is 0 Å². The second-order valence-electron chi connectivity index (χ2n) is 5.51. The number of hydrogen-bond acceptors (Lipinski definition) is 3. The fourth-order valence-electron chi connectivity index (χ4n) is 3.01. The van der Waals surface area contributed by atoms with Gasteiger partial charge in [0.2, 0.25) is 5.91 Å². The van der Waals surface area contributed by atoms with E-state index < -0.39 is 11.9 Å². The van der Waals surface area contributed by atoms with E-state index in [1.54, 1.807) is 4.90 Å². The van der Waals surface area contributed by atoms with Crippen molar-refractivity contribution in [1.29, 1.82) is 0 Å². The predicted octanol–water partition coefficient (Wildman–Crippen LogP) is 0.634. The van der Waals surface area contributed by atoms with Gasteiger partial charge >= 0.3 is 5.97 Å². The van der Waals surface area contributed by atoms with Gasteiger partial charge in [0.25, 0.3) is 0 Å². The molecule has 1 fully saturated rings. The Morgan fingerprint density at radius 1 is 1.25 bits per heavy atom. The molecule has 106 valence electrons. The maximum absolute atomic E-state index is 12.4. The van der Waals surface area contributed by atoms with Crippen molar-refractivity contribution in [2.24, 2.45) is 5.92 Å². The molecule has 0 bridgehead atoms. The first kappa shape index (κ1) is 13.1. The Labute approximate surface area is 117 Å². The molecule has 5 nitrogen and oxygen atoms in total. The molecule has 0 radical (unpaired) electrons. The average molecular weight is 274 g/mol. The van der Waals surface area contributed by atoms with Crippen LogP contribution < -0.4 is 5.32 Å². The maximum Gasteiger partial charge on any atom is 0.308 e. The van der Waals surface area contributed by atoms with Crippen LogP contribution in [0.2, 0.25) is 0 Å². The summed E-state index contributed by atoms with van der Waals surface area (Å²) in [6.45, 7) is 1.59. The van der Waals surface area contributed by atoms with Crippen LogP contribution in [0, 0.1) is 5.92 Å². The number of fused-ring (bicyclic) bond motifs is 1. The highest BCUT2D eigenvalue weighted by Crippen LogP contribution is 2.21. The van der Waals surface area contributed by atoms with Crippen LogP contribution in [0.25, 0.3) is 0 Å². The van der Waals surface area contributed by atoms with E-state index >= 15 is 0 Å². The van der Waals surface area contributed by atoms with E-state index in [1.165, 1.54) is 11.1 Å². The minimum Gasteiger partial charge on any atom is -0.481 e. The molecule has 2 atom stereocenters. The topological polar surface area (TPSA) is 69.6 Å². The summed E-state index contributed by atoms with van der Waals surface area (Å²) >= 11 is 0. The number of carboxylic acids is 1. The molecule has 3 rings (SSSR count). The molecule has 20 heavy (non-hydrogen) atoms. The van der Waals surface area contributed by atoms with Crippen molar-refractivity contribution in [2.75, 3.05) is 13.1 Å². The van der Waals surface area contributed by atoms with Gasteiger partial charge in [-0.05, 0) is 24.0 Å². The quantitative estimate of drug-likeness (QED) is 0.830. The Bertz CT molecular complexity index is 544. The first-order valence-electron chi connectivity index (χ1n) is 6.97. The van der Waals surface area contributed by atoms with E-state index in [0.717, 1.165) is 0 Å². The number of nitrogens with zero attached hydrogens (tertiary/aromatic N) is 1. The van der Waals surface area contributed by atoms with E-state index in [-0.39, 0.29) is 11.9 Å². The summed E-state index contributed by atoms with van der Waals surface area (Å²) in [5.41, 5.74) is 2.44. The molecule has 0 aromatic heterocycles. The van der Waals surface area contributed by atoms with Crippen LogP contribution in [0.1, 0.15) is 17.5 Å². The zero-order valence-corrected chi connectivity index (χ0v) is 11.2. The largest absolute Gasteiger partial charge is 0.481 e. The van der Waals surface area contributed by atoms with Crippen molar-refractivity contribution in [2.45, 2.75) is 25.4 Å². The second-order valence-corrected chi connectivity index (χ2v) is 5.51. The lowest BCUT2D eigenvalue weighted by Gasteiger charge is -2.28. The molecule has 1 saturated heterocycles. The molecule has 0 saturated carbocycles. The minimum absolute atomic E-state index is 0.0308. The van der Waals surface area contributed by atoms with Gasteiger partial charge in [0.1, 0.15) is 0 Å². The molecule has 2 aliphatic rings. The van der Waals surface area contributed by atoms with Gasteiger partial charge in [0, 0.05) is 19.6 Å². The molecule has 2 N–H and O–H groups in total. The smallest absolute Gasteiger partial charge is 0.308 e. The fourth-order valence-corrected chi connectivity index (χ4v) is 3.01. The van der Waals surface area contributed by atoms with Crippen molar-refractivity contribution in [3.8, 4) is 0 Å². The van der Waals surface area contributed by atoms with Crippen LogP contribution in [-0.2, 0) is 22.6 Å². The minimum atomic E-state index is -0.803. The third kappa shape index (κ3) is 2.41. The predicted molar refractivity (Wildman–Crippen MR) is 73.1 cm³/mol. The first-order chi connectivity index (χ1) is 9.65. The number of carbonyl (C=O) groups excluding carboxylic acids is 1. The number of nitrogens with one attached hydrogen (secondary N) is 1. The summed E-state index contributed by atoms with van der Waals surface area (Å²) in [5.74, 6) is -1.18. The Morgan fingerprint density at radius 2 is 2.00 bits per heavy atom. The Morgan fingerprint density at radius 3 is 2.70 bits per heavy atom. The highest BCUT2D eigenvalue weighted by Gasteiger charge is 2.35. The molecular weight excluding hydrogens is 256 g/mol. The number of likely N-dealkylation sites (tertiary alicyclic amines) is 1. The van der Waals surface area contributed by atoms with Gasteiger partial charge < -0.3 is 15.3 Å². The zero-order valence-electron chi connectivity index (χ0n) is 11.2.